The summed E-state index contributed by atoms with van der Waals surface area (Å²) < 4.78 is 1.91. The number of Topliss-reactive ketones (excluding diaryl/α,β-unsaturated/α-hetero) is 1. The maximum absolute atomic E-state index is 11.8. The number of ketones is 1. The van der Waals surface area contributed by atoms with Crippen LogP contribution in [0.25, 0.3) is 10.9 Å². The summed E-state index contributed by atoms with van der Waals surface area (Å²) in [6, 6.07) is 9.86. The van der Waals surface area contributed by atoms with E-state index >= 15 is 0 Å². The van der Waals surface area contributed by atoms with Gasteiger partial charge in [0.1, 0.15) is 0 Å². The second-order valence-corrected chi connectivity index (χ2v) is 3.76. The molecule has 2 aromatic rings. The molecule has 0 saturated carbocycles. The highest BCUT2D eigenvalue weighted by atomic mass is 16.1. The second-order valence-electron chi connectivity index (χ2n) is 3.76. The smallest absolute Gasteiger partial charge is 0.204 e. The third-order valence-electron chi connectivity index (χ3n) is 2.57. The maximum atomic E-state index is 11.8. The molecule has 0 N–H and O–H groups in total. The quantitative estimate of drug-likeness (QED) is 0.538. The van der Waals surface area contributed by atoms with Gasteiger partial charge in [0.05, 0.1) is 5.69 Å². The van der Waals surface area contributed by atoms with Crippen LogP contribution in [0.5, 0.6) is 0 Å². The van der Waals surface area contributed by atoms with Crippen LogP contribution in [0, 0.1) is 0 Å². The van der Waals surface area contributed by atoms with Crippen molar-refractivity contribution in [3.05, 3.63) is 48.2 Å². The van der Waals surface area contributed by atoms with Crippen molar-refractivity contribution in [3.8, 4) is 0 Å². The highest BCUT2D eigenvalue weighted by Gasteiger charge is 2.12. The van der Waals surface area contributed by atoms with E-state index in [9.17, 15) is 4.79 Å². The van der Waals surface area contributed by atoms with E-state index in [4.69, 9.17) is 0 Å². The molecule has 0 amide bonds. The third-order valence-corrected chi connectivity index (χ3v) is 2.57. The van der Waals surface area contributed by atoms with E-state index in [0.717, 1.165) is 10.9 Å². The first-order valence-corrected chi connectivity index (χ1v) is 4.86. The van der Waals surface area contributed by atoms with Crippen LogP contribution in [0.2, 0.25) is 0 Å². The van der Waals surface area contributed by atoms with Crippen molar-refractivity contribution in [2.45, 2.75) is 6.92 Å². The van der Waals surface area contributed by atoms with Gasteiger partial charge in [0.15, 0.2) is 0 Å². The zero-order valence-electron chi connectivity index (χ0n) is 8.95. The monoisotopic (exact) mass is 199 g/mol. The standard InChI is InChI=1S/C13H13NO/c1-9(2)13(15)12-8-10-6-4-5-7-11(10)14(12)3/h4-8H,1H2,2-3H3. The lowest BCUT2D eigenvalue weighted by molar-refractivity contribution is 0.102. The van der Waals surface area contributed by atoms with Crippen LogP contribution in [0.1, 0.15) is 17.4 Å². The van der Waals surface area contributed by atoms with Gasteiger partial charge >= 0.3 is 0 Å². The van der Waals surface area contributed by atoms with Gasteiger partial charge in [0.2, 0.25) is 5.78 Å². The summed E-state index contributed by atoms with van der Waals surface area (Å²) in [5, 5.41) is 1.09. The molecule has 76 valence electrons. The molecule has 2 heteroatoms. The summed E-state index contributed by atoms with van der Waals surface area (Å²) >= 11 is 0. The molecule has 1 aromatic heterocycles. The zero-order chi connectivity index (χ0) is 11.0. The first-order valence-electron chi connectivity index (χ1n) is 4.86. The number of carbonyl (C=O) groups excluding carboxylic acids is 1. The maximum Gasteiger partial charge on any atom is 0.204 e. The lowest BCUT2D eigenvalue weighted by atomic mass is 10.1. The van der Waals surface area contributed by atoms with Gasteiger partial charge in [-0.3, -0.25) is 4.79 Å². The lowest BCUT2D eigenvalue weighted by Crippen LogP contribution is -2.05. The number of carbonyl (C=O) groups is 1. The number of allylic oxidation sites excluding steroid dienone is 1. The Morgan fingerprint density at radius 2 is 2.00 bits per heavy atom. The van der Waals surface area contributed by atoms with Gasteiger partial charge in [-0.2, -0.15) is 0 Å². The van der Waals surface area contributed by atoms with Crippen molar-refractivity contribution < 1.29 is 4.79 Å². The molecule has 0 bridgehead atoms. The van der Waals surface area contributed by atoms with Crippen LogP contribution in [0.15, 0.2) is 42.5 Å². The second kappa shape index (κ2) is 3.39. The van der Waals surface area contributed by atoms with Gasteiger partial charge in [-0.05, 0) is 24.6 Å². The van der Waals surface area contributed by atoms with Gasteiger partial charge in [-0.1, -0.05) is 24.8 Å². The normalized spacial score (nSPS) is 10.5. The molecule has 0 spiro atoms. The first kappa shape index (κ1) is 9.71. The zero-order valence-corrected chi connectivity index (χ0v) is 8.95. The Labute approximate surface area is 88.8 Å². The molecular weight excluding hydrogens is 186 g/mol. The molecule has 0 aliphatic heterocycles. The Morgan fingerprint density at radius 1 is 1.33 bits per heavy atom. The Morgan fingerprint density at radius 3 is 2.60 bits per heavy atom. The molecule has 2 nitrogen and oxygen atoms in total. The van der Waals surface area contributed by atoms with Gasteiger partial charge < -0.3 is 4.57 Å². The molecule has 0 saturated heterocycles. The van der Waals surface area contributed by atoms with Crippen LogP contribution in [-0.4, -0.2) is 10.4 Å². The van der Waals surface area contributed by atoms with Gasteiger partial charge in [-0.25, -0.2) is 0 Å². The summed E-state index contributed by atoms with van der Waals surface area (Å²) in [6.07, 6.45) is 0. The fourth-order valence-corrected chi connectivity index (χ4v) is 1.73. The number of fused-ring (bicyclic) bond motifs is 1. The minimum Gasteiger partial charge on any atom is -0.341 e. The van der Waals surface area contributed by atoms with E-state index in [1.54, 1.807) is 6.92 Å². The molecule has 1 heterocycles. The van der Waals surface area contributed by atoms with Crippen molar-refractivity contribution in [2.24, 2.45) is 7.05 Å². The van der Waals surface area contributed by atoms with Crippen LogP contribution < -0.4 is 0 Å². The number of rotatable bonds is 2. The van der Waals surface area contributed by atoms with Crippen LogP contribution in [0.4, 0.5) is 0 Å². The fourth-order valence-electron chi connectivity index (χ4n) is 1.73. The lowest BCUT2D eigenvalue weighted by Gasteiger charge is -2.02. The topological polar surface area (TPSA) is 22.0 Å². The van der Waals surface area contributed by atoms with Crippen molar-refractivity contribution >= 4 is 16.7 Å². The summed E-state index contributed by atoms with van der Waals surface area (Å²) in [5.41, 5.74) is 2.34. The molecule has 0 aliphatic carbocycles. The molecule has 15 heavy (non-hydrogen) atoms. The Bertz CT molecular complexity index is 549. The van der Waals surface area contributed by atoms with Gasteiger partial charge in [0, 0.05) is 18.0 Å². The average Bonchev–Trinajstić information content (AvgIpc) is 2.56. The van der Waals surface area contributed by atoms with E-state index in [2.05, 4.69) is 6.58 Å². The molecule has 2 rings (SSSR count). The number of hydrogen-bond donors (Lipinski definition) is 0. The number of hydrogen-bond acceptors (Lipinski definition) is 1. The SMILES string of the molecule is C=C(C)C(=O)c1cc2ccccc2n1C. The predicted octanol–water partition coefficient (Wildman–Crippen LogP) is 2.94. The summed E-state index contributed by atoms with van der Waals surface area (Å²) in [5.74, 6) is 0.00806. The Kier molecular flexibility index (Phi) is 2.19. The van der Waals surface area contributed by atoms with Gasteiger partial charge in [-0.15, -0.1) is 0 Å². The molecule has 0 fully saturated rings. The first-order chi connectivity index (χ1) is 7.11. The molecule has 0 aliphatic rings. The number of nitrogens with zero attached hydrogens (tertiary/aromatic N) is 1. The van der Waals surface area contributed by atoms with E-state index < -0.39 is 0 Å². The fraction of sp³-hybridized carbons (Fsp3) is 0.154. The van der Waals surface area contributed by atoms with E-state index in [-0.39, 0.29) is 5.78 Å². The third kappa shape index (κ3) is 1.48. The summed E-state index contributed by atoms with van der Waals surface area (Å²) in [7, 11) is 1.90. The average molecular weight is 199 g/mol. The summed E-state index contributed by atoms with van der Waals surface area (Å²) in [6.45, 7) is 5.42. The number of benzene rings is 1. The number of aromatic nitrogens is 1. The minimum absolute atomic E-state index is 0.00806. The highest BCUT2D eigenvalue weighted by Crippen LogP contribution is 2.19. The minimum atomic E-state index is 0.00806. The molecule has 0 atom stereocenters. The van der Waals surface area contributed by atoms with Crippen LogP contribution in [0.3, 0.4) is 0 Å². The van der Waals surface area contributed by atoms with Crippen molar-refractivity contribution in [2.75, 3.05) is 0 Å². The van der Waals surface area contributed by atoms with Crippen molar-refractivity contribution in [1.29, 1.82) is 0 Å². The van der Waals surface area contributed by atoms with Crippen LogP contribution >= 0.6 is 0 Å². The van der Waals surface area contributed by atoms with E-state index in [1.807, 2.05) is 41.9 Å². The molecule has 1 aromatic carbocycles. The molecule has 0 radical (unpaired) electrons. The van der Waals surface area contributed by atoms with E-state index in [1.165, 1.54) is 0 Å². The highest BCUT2D eigenvalue weighted by molar-refractivity contribution is 6.09. The number of aryl methyl sites for hydroxylation is 1. The summed E-state index contributed by atoms with van der Waals surface area (Å²) in [4.78, 5) is 11.8. The van der Waals surface area contributed by atoms with Gasteiger partial charge in [0.25, 0.3) is 0 Å². The van der Waals surface area contributed by atoms with Crippen LogP contribution in [-0.2, 0) is 7.05 Å². The molecular formula is C13H13NO. The Hall–Kier alpha value is -1.83. The van der Waals surface area contributed by atoms with E-state index in [0.29, 0.717) is 11.3 Å². The van der Waals surface area contributed by atoms with Crippen molar-refractivity contribution in [1.82, 2.24) is 4.57 Å². The van der Waals surface area contributed by atoms with Crippen molar-refractivity contribution in [3.63, 3.8) is 0 Å². The largest absolute Gasteiger partial charge is 0.341 e. The Balaban J connectivity index is 2.68. The predicted molar refractivity (Wildman–Crippen MR) is 62.1 cm³/mol. The molecule has 0 unspecified atom stereocenters. The number of para-hydroxylation sites is 1.